The van der Waals surface area contributed by atoms with Gasteiger partial charge in [-0.1, -0.05) is 96.5 Å². The van der Waals surface area contributed by atoms with E-state index < -0.39 is 0 Å². The van der Waals surface area contributed by atoms with Gasteiger partial charge in [0.1, 0.15) is 22.6 Å². The maximum Gasteiger partial charge on any atom is 3.00 e. The molecule has 2 N–H and O–H groups in total. The number of aromatic amines is 2. The van der Waals surface area contributed by atoms with Crippen molar-refractivity contribution in [2.24, 2.45) is 0 Å². The fourth-order valence-electron chi connectivity index (χ4n) is 5.65. The van der Waals surface area contributed by atoms with E-state index in [0.717, 1.165) is 43.8 Å². The first kappa shape index (κ1) is 24.8. The number of hydrogen-bond acceptors (Lipinski definition) is 6. The van der Waals surface area contributed by atoms with E-state index in [2.05, 4.69) is 9.97 Å². The zero-order valence-electron chi connectivity index (χ0n) is 21.8. The Kier molecular flexibility index (Phi) is 5.49. The zero-order chi connectivity index (χ0) is 27.1. The summed E-state index contributed by atoms with van der Waals surface area (Å²) in [4.78, 5) is 36.6. The van der Waals surface area contributed by atoms with E-state index in [1.807, 2.05) is 91.0 Å². The second-order valence-corrected chi connectivity index (χ2v) is 10.3. The van der Waals surface area contributed by atoms with Gasteiger partial charge in [-0.2, -0.15) is 0 Å². The molecule has 0 atom stereocenters. The van der Waals surface area contributed by atoms with Crippen molar-refractivity contribution in [3.05, 3.63) is 96.0 Å². The first-order valence-electron chi connectivity index (χ1n) is 13.1. The van der Waals surface area contributed by atoms with Crippen molar-refractivity contribution in [1.29, 1.82) is 0 Å². The summed E-state index contributed by atoms with van der Waals surface area (Å²) in [5.41, 5.74) is 5.99. The number of rotatable bonds is 0. The Labute approximate surface area is 253 Å². The molecule has 192 valence electrons. The second kappa shape index (κ2) is 9.30. The van der Waals surface area contributed by atoms with E-state index in [1.54, 1.807) is 0 Å². The van der Waals surface area contributed by atoms with Gasteiger partial charge in [0.2, 0.25) is 0 Å². The molecule has 0 aliphatic carbocycles. The summed E-state index contributed by atoms with van der Waals surface area (Å²) in [6.07, 6.45) is 0. The van der Waals surface area contributed by atoms with Gasteiger partial charge in [-0.3, -0.25) is 0 Å². The van der Waals surface area contributed by atoms with Gasteiger partial charge in [-0.25, -0.2) is 29.9 Å². The molecule has 0 amide bonds. The van der Waals surface area contributed by atoms with Crippen LogP contribution in [0.15, 0.2) is 91.0 Å². The van der Waals surface area contributed by atoms with Crippen LogP contribution >= 0.6 is 11.6 Å². The Morgan fingerprint density at radius 3 is 1.36 bits per heavy atom. The minimum Gasteiger partial charge on any atom is -0.324 e. The van der Waals surface area contributed by atoms with Crippen molar-refractivity contribution in [3.8, 4) is 45.6 Å². The maximum atomic E-state index is 6.72. The predicted octanol–water partition coefficient (Wildman–Crippen LogP) is 7.14. The number of H-pyrrole nitrogens is 2. The molecule has 5 heterocycles. The minimum atomic E-state index is 0. The normalized spacial score (nSPS) is 11.7. The van der Waals surface area contributed by atoms with Crippen molar-refractivity contribution >= 4 is 73.1 Å². The molecule has 0 radical (unpaired) electrons. The summed E-state index contributed by atoms with van der Waals surface area (Å²) in [6, 6.07) is 29.7. The van der Waals surface area contributed by atoms with Crippen LogP contribution in [0.3, 0.4) is 0 Å². The SMILES string of the molecule is Clc1cccc2c1-c1nc3nc(nc4[nH]c(nc5[nH]c(nc-2n1)c1ccccc51)c1ccccc41)-c1ccccc1-3.[Al+3]. The van der Waals surface area contributed by atoms with Crippen LogP contribution in [0.5, 0.6) is 0 Å². The fourth-order valence-corrected chi connectivity index (χ4v) is 5.91. The topological polar surface area (TPSA) is 109 Å². The van der Waals surface area contributed by atoms with E-state index in [9.17, 15) is 0 Å². The third-order valence-electron chi connectivity index (χ3n) is 7.53. The number of nitrogens with zero attached hydrogens (tertiary/aromatic N) is 6. The number of benzene rings is 4. The number of nitrogens with one attached hydrogen (secondary N) is 2. The van der Waals surface area contributed by atoms with Crippen LogP contribution in [0.2, 0.25) is 5.02 Å². The van der Waals surface area contributed by atoms with Crippen molar-refractivity contribution in [2.45, 2.75) is 0 Å². The van der Waals surface area contributed by atoms with Gasteiger partial charge in [0.15, 0.2) is 23.3 Å². The van der Waals surface area contributed by atoms with Crippen molar-refractivity contribution in [2.75, 3.05) is 0 Å². The van der Waals surface area contributed by atoms with E-state index in [-0.39, 0.29) is 17.4 Å². The number of fused-ring (bicyclic) bond motifs is 20. The van der Waals surface area contributed by atoms with Crippen molar-refractivity contribution in [1.82, 2.24) is 39.9 Å². The Bertz CT molecular complexity index is 2410. The van der Waals surface area contributed by atoms with Crippen LogP contribution < -0.4 is 0 Å². The van der Waals surface area contributed by atoms with E-state index in [1.165, 1.54) is 0 Å². The van der Waals surface area contributed by atoms with E-state index >= 15 is 0 Å². The Balaban J connectivity index is 0.00000267. The molecule has 4 aromatic carbocycles. The maximum absolute atomic E-state index is 6.72. The Hall–Kier alpha value is -4.94. The van der Waals surface area contributed by atoms with Gasteiger partial charge in [-0.05, 0) is 6.07 Å². The summed E-state index contributed by atoms with van der Waals surface area (Å²) < 4.78 is 0. The molecule has 8 bridgehead atoms. The third-order valence-corrected chi connectivity index (χ3v) is 7.84. The molecule has 2 aliphatic heterocycles. The summed E-state index contributed by atoms with van der Waals surface area (Å²) in [5, 5.41) is 4.32. The van der Waals surface area contributed by atoms with Crippen molar-refractivity contribution < 1.29 is 0 Å². The molecule has 7 aromatic rings. The van der Waals surface area contributed by atoms with Crippen LogP contribution in [0, 0.1) is 0 Å². The molecule has 10 heteroatoms. The van der Waals surface area contributed by atoms with E-state index in [0.29, 0.717) is 50.9 Å². The van der Waals surface area contributed by atoms with E-state index in [4.69, 9.17) is 41.5 Å². The Morgan fingerprint density at radius 2 is 0.810 bits per heavy atom. The molecular weight excluding hydrogens is 559 g/mol. The monoisotopic (exact) mass is 575 g/mol. The third kappa shape index (κ3) is 3.62. The summed E-state index contributed by atoms with van der Waals surface area (Å²) in [6.45, 7) is 0. The molecular formula is C32H17AlClN8+3. The zero-order valence-corrected chi connectivity index (χ0v) is 23.7. The quantitative estimate of drug-likeness (QED) is 0.186. The predicted molar refractivity (Wildman–Crippen MR) is 167 cm³/mol. The summed E-state index contributed by atoms with van der Waals surface area (Å²) in [7, 11) is 0. The molecule has 0 saturated heterocycles. The smallest absolute Gasteiger partial charge is 0.324 e. The number of aromatic nitrogens is 8. The number of halogens is 1. The van der Waals surface area contributed by atoms with Gasteiger partial charge in [0.25, 0.3) is 0 Å². The van der Waals surface area contributed by atoms with Crippen LogP contribution in [-0.4, -0.2) is 57.2 Å². The van der Waals surface area contributed by atoms with Crippen LogP contribution in [0.1, 0.15) is 0 Å². The molecule has 9 rings (SSSR count). The molecule has 8 nitrogen and oxygen atoms in total. The molecule has 0 spiro atoms. The van der Waals surface area contributed by atoms with Crippen LogP contribution in [0.4, 0.5) is 0 Å². The standard InChI is InChI=1S/C32H17ClN8.Al/c33-23-15-7-14-22-24(23)32-40-30-21-13-6-5-12-20(21)28(38-30)36-26-17-9-2-1-8-16(17)25(34-26)35-27-18-10-3-4-11-19(18)29(37-27)39-31(22)41-32;/h1-15H,(H2,34,35,36,37,38,39,40,41);/q;+3. The first-order chi connectivity index (χ1) is 20.2. The fraction of sp³-hybridized carbons (Fsp3) is 0. The second-order valence-electron chi connectivity index (χ2n) is 9.91. The van der Waals surface area contributed by atoms with Crippen LogP contribution in [-0.2, 0) is 0 Å². The Morgan fingerprint density at radius 1 is 0.405 bits per heavy atom. The molecule has 0 unspecified atom stereocenters. The van der Waals surface area contributed by atoms with Gasteiger partial charge in [0.05, 0.1) is 5.02 Å². The first-order valence-corrected chi connectivity index (χ1v) is 13.5. The van der Waals surface area contributed by atoms with Gasteiger partial charge >= 0.3 is 17.4 Å². The summed E-state index contributed by atoms with van der Waals surface area (Å²) in [5.74, 6) is 2.05. The van der Waals surface area contributed by atoms with Gasteiger partial charge in [0, 0.05) is 43.8 Å². The van der Waals surface area contributed by atoms with Crippen LogP contribution in [0.25, 0.3) is 89.7 Å². The average molecular weight is 576 g/mol. The molecule has 0 saturated carbocycles. The van der Waals surface area contributed by atoms with Gasteiger partial charge in [-0.15, -0.1) is 0 Å². The molecule has 2 aliphatic rings. The van der Waals surface area contributed by atoms with Gasteiger partial charge < -0.3 is 9.97 Å². The molecule has 3 aromatic heterocycles. The summed E-state index contributed by atoms with van der Waals surface area (Å²) >= 11 is 6.72. The molecule has 0 fully saturated rings. The minimum absolute atomic E-state index is 0. The number of hydrogen-bond donors (Lipinski definition) is 2. The largest absolute Gasteiger partial charge is 3.00 e. The average Bonchev–Trinajstić information content (AvgIpc) is 3.73. The van der Waals surface area contributed by atoms with Crippen molar-refractivity contribution in [3.63, 3.8) is 0 Å². The molecule has 42 heavy (non-hydrogen) atoms.